The van der Waals surface area contributed by atoms with Gasteiger partial charge in [-0.15, -0.1) is 0 Å². The van der Waals surface area contributed by atoms with Crippen LogP contribution in [0.5, 0.6) is 0 Å². The predicted molar refractivity (Wildman–Crippen MR) is 166 cm³/mol. The standard InChI is InChI=1S/C35H35F3O8S/c36-35(37,38)47(39,40)45-25-30-31(41-21-26-13-5-1-6-14-26)32(42-22-27-15-7-2-8-16-27)33(43-23-28-17-9-3-10-18-28)34(46-30)44-24-29-19-11-4-12-20-29/h1-20,30-34H,21-25H2/t30?,31-,32?,33?,34-/m1/s1. The average Bonchev–Trinajstić information content (AvgIpc) is 3.09. The Morgan fingerprint density at radius 3 is 1.30 bits per heavy atom. The van der Waals surface area contributed by atoms with Crippen LogP contribution in [0.25, 0.3) is 0 Å². The Bertz CT molecular complexity index is 1590. The van der Waals surface area contributed by atoms with Gasteiger partial charge in [-0.2, -0.15) is 21.6 Å². The fourth-order valence-corrected chi connectivity index (χ4v) is 5.44. The molecule has 1 fully saturated rings. The summed E-state index contributed by atoms with van der Waals surface area (Å²) >= 11 is 0. The Hall–Kier alpha value is -3.62. The van der Waals surface area contributed by atoms with E-state index < -0.39 is 52.9 Å². The Balaban J connectivity index is 1.49. The molecule has 5 rings (SSSR count). The summed E-state index contributed by atoms with van der Waals surface area (Å²) in [5, 5.41) is 0. The molecule has 0 bridgehead atoms. The Morgan fingerprint density at radius 2 is 0.894 bits per heavy atom. The first-order valence-electron chi connectivity index (χ1n) is 14.9. The molecule has 1 aliphatic rings. The number of benzene rings is 4. The fraction of sp³-hybridized carbons (Fsp3) is 0.314. The first-order valence-corrected chi connectivity index (χ1v) is 16.3. The number of hydrogen-bond donors (Lipinski definition) is 0. The minimum atomic E-state index is -5.94. The van der Waals surface area contributed by atoms with E-state index in [9.17, 15) is 21.6 Å². The molecule has 0 spiro atoms. The zero-order valence-corrected chi connectivity index (χ0v) is 26.1. The van der Waals surface area contributed by atoms with Crippen LogP contribution in [0, 0.1) is 0 Å². The molecule has 1 heterocycles. The van der Waals surface area contributed by atoms with Crippen molar-refractivity contribution in [1.29, 1.82) is 0 Å². The van der Waals surface area contributed by atoms with E-state index in [-0.39, 0.29) is 26.4 Å². The zero-order chi connectivity index (χ0) is 33.1. The molecular weight excluding hydrogens is 637 g/mol. The predicted octanol–water partition coefficient (Wildman–Crippen LogP) is 6.55. The van der Waals surface area contributed by atoms with Gasteiger partial charge >= 0.3 is 15.6 Å². The van der Waals surface area contributed by atoms with Gasteiger partial charge in [-0.25, -0.2) is 0 Å². The van der Waals surface area contributed by atoms with E-state index in [2.05, 4.69) is 4.18 Å². The molecule has 0 radical (unpaired) electrons. The lowest BCUT2D eigenvalue weighted by atomic mass is 9.97. The van der Waals surface area contributed by atoms with Crippen LogP contribution in [0.1, 0.15) is 22.3 Å². The van der Waals surface area contributed by atoms with Crippen LogP contribution in [-0.4, -0.2) is 51.2 Å². The lowest BCUT2D eigenvalue weighted by Gasteiger charge is -2.45. The maximum atomic E-state index is 13.3. The van der Waals surface area contributed by atoms with Gasteiger partial charge in [-0.05, 0) is 22.3 Å². The van der Waals surface area contributed by atoms with Crippen molar-refractivity contribution in [3.63, 3.8) is 0 Å². The highest BCUT2D eigenvalue weighted by Gasteiger charge is 2.52. The second-order valence-electron chi connectivity index (χ2n) is 10.8. The second-order valence-corrected chi connectivity index (χ2v) is 12.4. The third kappa shape index (κ3) is 9.94. The summed E-state index contributed by atoms with van der Waals surface area (Å²) in [4.78, 5) is 0. The lowest BCUT2D eigenvalue weighted by Crippen LogP contribution is -2.62. The first-order chi connectivity index (χ1) is 22.7. The summed E-state index contributed by atoms with van der Waals surface area (Å²) in [6.07, 6.45) is -5.68. The molecule has 0 N–H and O–H groups in total. The molecule has 0 amide bonds. The van der Waals surface area contributed by atoms with Gasteiger partial charge in [0.05, 0.1) is 33.0 Å². The molecule has 0 saturated carbocycles. The SMILES string of the molecule is O=S(=O)(OCC1O[C@@H](OCc2ccccc2)C(OCc2ccccc2)C(OCc2ccccc2)[C@@H]1OCc1ccccc1)C(F)(F)F. The van der Waals surface area contributed by atoms with Crippen molar-refractivity contribution in [1.82, 2.24) is 0 Å². The van der Waals surface area contributed by atoms with Crippen molar-refractivity contribution < 1.29 is 49.5 Å². The molecular formula is C35H35F3O8S. The fourth-order valence-electron chi connectivity index (χ4n) is 4.99. The Kier molecular flexibility index (Phi) is 12.2. The summed E-state index contributed by atoms with van der Waals surface area (Å²) in [7, 11) is -5.94. The van der Waals surface area contributed by atoms with Gasteiger partial charge in [0, 0.05) is 0 Å². The number of halogens is 3. The first kappa shape index (κ1) is 34.7. The van der Waals surface area contributed by atoms with Crippen LogP contribution in [-0.2, 0) is 64.4 Å². The monoisotopic (exact) mass is 672 g/mol. The van der Waals surface area contributed by atoms with Crippen LogP contribution in [0.15, 0.2) is 121 Å². The average molecular weight is 673 g/mol. The molecule has 1 aliphatic heterocycles. The van der Waals surface area contributed by atoms with E-state index in [1.54, 1.807) is 0 Å². The van der Waals surface area contributed by atoms with Crippen LogP contribution in [0.2, 0.25) is 0 Å². The van der Waals surface area contributed by atoms with Crippen LogP contribution >= 0.6 is 0 Å². The third-order valence-corrected chi connectivity index (χ3v) is 8.39. The van der Waals surface area contributed by atoms with E-state index in [1.807, 2.05) is 121 Å². The van der Waals surface area contributed by atoms with Gasteiger partial charge in [-0.3, -0.25) is 4.18 Å². The molecule has 12 heteroatoms. The van der Waals surface area contributed by atoms with Crippen molar-refractivity contribution in [2.45, 2.75) is 62.6 Å². The smallest absolute Gasteiger partial charge is 0.368 e. The summed E-state index contributed by atoms with van der Waals surface area (Å²) in [6, 6.07) is 36.9. The maximum absolute atomic E-state index is 13.3. The molecule has 250 valence electrons. The van der Waals surface area contributed by atoms with E-state index >= 15 is 0 Å². The van der Waals surface area contributed by atoms with Gasteiger partial charge in [0.2, 0.25) is 0 Å². The van der Waals surface area contributed by atoms with Crippen molar-refractivity contribution in [2.24, 2.45) is 0 Å². The summed E-state index contributed by atoms with van der Waals surface area (Å²) in [5.74, 6) is 0. The summed E-state index contributed by atoms with van der Waals surface area (Å²) < 4.78 is 99.8. The van der Waals surface area contributed by atoms with E-state index in [4.69, 9.17) is 23.7 Å². The van der Waals surface area contributed by atoms with E-state index in [0.29, 0.717) is 0 Å². The van der Waals surface area contributed by atoms with Crippen LogP contribution in [0.4, 0.5) is 13.2 Å². The van der Waals surface area contributed by atoms with Gasteiger partial charge in [-0.1, -0.05) is 121 Å². The topological polar surface area (TPSA) is 89.5 Å². The molecule has 0 aliphatic carbocycles. The molecule has 8 nitrogen and oxygen atoms in total. The molecule has 4 aromatic carbocycles. The number of hydrogen-bond acceptors (Lipinski definition) is 8. The van der Waals surface area contributed by atoms with E-state index in [0.717, 1.165) is 22.3 Å². The molecule has 0 aromatic heterocycles. The minimum absolute atomic E-state index is 0.0174. The summed E-state index contributed by atoms with van der Waals surface area (Å²) in [5.41, 5.74) is -2.40. The van der Waals surface area contributed by atoms with Gasteiger partial charge in [0.15, 0.2) is 6.29 Å². The van der Waals surface area contributed by atoms with Crippen molar-refractivity contribution in [3.8, 4) is 0 Å². The maximum Gasteiger partial charge on any atom is 0.523 e. The Morgan fingerprint density at radius 1 is 0.532 bits per heavy atom. The summed E-state index contributed by atoms with van der Waals surface area (Å²) in [6.45, 7) is -0.722. The zero-order valence-electron chi connectivity index (χ0n) is 25.3. The quantitative estimate of drug-likeness (QED) is 0.104. The normalized spacial score (nSPS) is 21.8. The highest BCUT2D eigenvalue weighted by molar-refractivity contribution is 7.87. The van der Waals surface area contributed by atoms with Gasteiger partial charge in [0.25, 0.3) is 0 Å². The highest BCUT2D eigenvalue weighted by Crippen LogP contribution is 2.33. The molecule has 47 heavy (non-hydrogen) atoms. The molecule has 5 atom stereocenters. The minimum Gasteiger partial charge on any atom is -0.368 e. The number of rotatable bonds is 15. The number of alkyl halides is 3. The van der Waals surface area contributed by atoms with E-state index in [1.165, 1.54) is 0 Å². The lowest BCUT2D eigenvalue weighted by molar-refractivity contribution is -0.328. The van der Waals surface area contributed by atoms with Crippen molar-refractivity contribution >= 4 is 10.1 Å². The second kappa shape index (κ2) is 16.5. The highest BCUT2D eigenvalue weighted by atomic mass is 32.2. The van der Waals surface area contributed by atoms with Crippen molar-refractivity contribution in [2.75, 3.05) is 6.61 Å². The van der Waals surface area contributed by atoms with Crippen LogP contribution in [0.3, 0.4) is 0 Å². The third-order valence-electron chi connectivity index (χ3n) is 7.38. The number of ether oxygens (including phenoxy) is 5. The molecule has 3 unspecified atom stereocenters. The molecule has 4 aromatic rings. The molecule has 1 saturated heterocycles. The largest absolute Gasteiger partial charge is 0.523 e. The van der Waals surface area contributed by atoms with Crippen LogP contribution < -0.4 is 0 Å². The Labute approximate surface area is 272 Å². The van der Waals surface area contributed by atoms with Crippen molar-refractivity contribution in [3.05, 3.63) is 144 Å². The van der Waals surface area contributed by atoms with Gasteiger partial charge < -0.3 is 23.7 Å². The van der Waals surface area contributed by atoms with Gasteiger partial charge in [0.1, 0.15) is 24.4 Å².